The number of ether oxygens (including phenoxy) is 6. The average molecular weight is 455 g/mol. The summed E-state index contributed by atoms with van der Waals surface area (Å²) in [5, 5.41) is 9.37. The molecule has 0 radical (unpaired) electrons. The molecule has 1 aromatic carbocycles. The van der Waals surface area contributed by atoms with Gasteiger partial charge in [0.15, 0.2) is 18.3 Å². The zero-order chi connectivity index (χ0) is 24.0. The second-order valence-electron chi connectivity index (χ2n) is 6.82. The first kappa shape index (κ1) is 24.9. The molecular weight excluding hydrogens is 430 g/mol. The molecule has 0 unspecified atom stereocenters. The summed E-state index contributed by atoms with van der Waals surface area (Å²) in [6, 6.07) is 4.44. The number of hydrogen-bond donors (Lipinski definition) is 2. The minimum Gasteiger partial charge on any atom is -0.467 e. The summed E-state index contributed by atoms with van der Waals surface area (Å²) in [6.45, 7) is 2.93. The van der Waals surface area contributed by atoms with E-state index in [9.17, 15) is 24.3 Å². The van der Waals surface area contributed by atoms with Crippen LogP contribution in [0.15, 0.2) is 18.2 Å². The minimum absolute atomic E-state index is 0.0369. The largest absolute Gasteiger partial charge is 0.467 e. The van der Waals surface area contributed by atoms with Crippen molar-refractivity contribution in [3.8, 4) is 5.75 Å². The summed E-state index contributed by atoms with van der Waals surface area (Å²) in [6.07, 6.45) is -7.57. The number of rotatable bonds is 7. The summed E-state index contributed by atoms with van der Waals surface area (Å²) in [5.41, 5.74) is 6.52. The number of methoxy groups -OCH3 is 1. The van der Waals surface area contributed by atoms with Crippen LogP contribution in [0.3, 0.4) is 0 Å². The topological polar surface area (TPSA) is 170 Å². The molecule has 3 N–H and O–H groups in total. The van der Waals surface area contributed by atoms with Crippen molar-refractivity contribution in [3.63, 3.8) is 0 Å². The van der Waals surface area contributed by atoms with E-state index in [4.69, 9.17) is 34.2 Å². The van der Waals surface area contributed by atoms with Crippen LogP contribution in [0.2, 0.25) is 0 Å². The molecule has 0 aromatic heterocycles. The van der Waals surface area contributed by atoms with Gasteiger partial charge in [0.1, 0.15) is 5.75 Å². The van der Waals surface area contributed by atoms with E-state index in [0.29, 0.717) is 5.56 Å². The average Bonchev–Trinajstić information content (AvgIpc) is 2.71. The molecule has 1 aliphatic heterocycles. The number of carbonyl (C=O) groups is 4. The van der Waals surface area contributed by atoms with Gasteiger partial charge in [0.25, 0.3) is 0 Å². The lowest BCUT2D eigenvalue weighted by Crippen LogP contribution is -2.64. The van der Waals surface area contributed by atoms with Crippen molar-refractivity contribution in [2.45, 2.75) is 58.1 Å². The highest BCUT2D eigenvalue weighted by Gasteiger charge is 2.55. The van der Waals surface area contributed by atoms with Crippen molar-refractivity contribution in [1.82, 2.24) is 0 Å². The predicted molar refractivity (Wildman–Crippen MR) is 105 cm³/mol. The predicted octanol–water partition coefficient (Wildman–Crippen LogP) is -0.167. The van der Waals surface area contributed by atoms with E-state index in [1.807, 2.05) is 0 Å². The van der Waals surface area contributed by atoms with Crippen molar-refractivity contribution < 1.29 is 52.7 Å². The van der Waals surface area contributed by atoms with Gasteiger partial charge in [0.05, 0.1) is 19.4 Å². The van der Waals surface area contributed by atoms with E-state index in [1.165, 1.54) is 12.1 Å². The Morgan fingerprint density at radius 1 is 0.969 bits per heavy atom. The smallest absolute Gasteiger partial charge is 0.339 e. The molecule has 1 heterocycles. The van der Waals surface area contributed by atoms with Gasteiger partial charge < -0.3 is 39.3 Å². The second kappa shape index (κ2) is 10.8. The van der Waals surface area contributed by atoms with E-state index >= 15 is 0 Å². The summed E-state index contributed by atoms with van der Waals surface area (Å²) in [4.78, 5) is 47.6. The van der Waals surface area contributed by atoms with Crippen LogP contribution in [0, 0.1) is 0 Å². The Morgan fingerprint density at radius 2 is 1.53 bits per heavy atom. The van der Waals surface area contributed by atoms with Crippen LogP contribution >= 0.6 is 0 Å². The zero-order valence-electron chi connectivity index (χ0n) is 17.9. The van der Waals surface area contributed by atoms with E-state index in [2.05, 4.69) is 0 Å². The summed E-state index contributed by atoms with van der Waals surface area (Å²) in [7, 11) is 1.08. The Morgan fingerprint density at radius 3 is 2.06 bits per heavy atom. The molecule has 2 rings (SSSR count). The van der Waals surface area contributed by atoms with Crippen LogP contribution in [-0.4, -0.2) is 66.8 Å². The van der Waals surface area contributed by atoms with Gasteiger partial charge in [0.2, 0.25) is 12.4 Å². The number of benzene rings is 1. The standard InChI is InChI=1S/C20H25NO11/c1-9(23)28-15-16(29-10(2)24)18(30-11(3)25)20(32-17(15)19(26)27-4)31-14-7-12(8-22)5-6-13(14)21/h5-7,15-18,20,22H,8,21H2,1-4H3/t15-,16-,17-,18+,20+/m0/s1. The Hall–Kier alpha value is -3.38. The molecular formula is C20H25NO11. The third kappa shape index (κ3) is 6.08. The van der Waals surface area contributed by atoms with E-state index < -0.39 is 54.6 Å². The Balaban J connectivity index is 2.54. The monoisotopic (exact) mass is 455 g/mol. The van der Waals surface area contributed by atoms with E-state index in [0.717, 1.165) is 27.9 Å². The third-order valence-corrected chi connectivity index (χ3v) is 4.34. The molecule has 0 bridgehead atoms. The maximum Gasteiger partial charge on any atom is 0.339 e. The van der Waals surface area contributed by atoms with Gasteiger partial charge in [-0.1, -0.05) is 6.07 Å². The number of anilines is 1. The van der Waals surface area contributed by atoms with E-state index in [1.54, 1.807) is 6.07 Å². The van der Waals surface area contributed by atoms with Crippen LogP contribution < -0.4 is 10.5 Å². The first-order valence-corrected chi connectivity index (χ1v) is 9.48. The number of nitrogens with two attached hydrogens (primary N) is 1. The third-order valence-electron chi connectivity index (χ3n) is 4.34. The van der Waals surface area contributed by atoms with Crippen molar-refractivity contribution in [2.75, 3.05) is 12.8 Å². The molecule has 32 heavy (non-hydrogen) atoms. The fourth-order valence-electron chi connectivity index (χ4n) is 3.08. The lowest BCUT2D eigenvalue weighted by atomic mass is 9.97. The number of carbonyl (C=O) groups excluding carboxylic acids is 4. The Bertz CT molecular complexity index is 871. The van der Waals surface area contributed by atoms with Gasteiger partial charge in [-0.15, -0.1) is 0 Å². The highest BCUT2D eigenvalue weighted by Crippen LogP contribution is 2.33. The molecule has 176 valence electrons. The fourth-order valence-corrected chi connectivity index (χ4v) is 3.08. The van der Waals surface area contributed by atoms with Crippen LogP contribution in [0.1, 0.15) is 26.3 Å². The molecule has 0 saturated carbocycles. The van der Waals surface area contributed by atoms with Gasteiger partial charge in [-0.05, 0) is 17.7 Å². The normalized spacial score (nSPS) is 24.7. The molecule has 1 saturated heterocycles. The molecule has 12 heteroatoms. The van der Waals surface area contributed by atoms with Crippen LogP contribution in [0.25, 0.3) is 0 Å². The molecule has 1 aliphatic rings. The van der Waals surface area contributed by atoms with Gasteiger partial charge in [-0.2, -0.15) is 0 Å². The summed E-state index contributed by atoms with van der Waals surface area (Å²) >= 11 is 0. The molecule has 5 atom stereocenters. The molecule has 12 nitrogen and oxygen atoms in total. The number of aliphatic hydroxyl groups is 1. The highest BCUT2D eigenvalue weighted by atomic mass is 16.7. The summed E-state index contributed by atoms with van der Waals surface area (Å²) in [5.74, 6) is -3.34. The number of hydrogen-bond acceptors (Lipinski definition) is 12. The molecule has 0 amide bonds. The maximum absolute atomic E-state index is 12.4. The number of esters is 4. The van der Waals surface area contributed by atoms with Gasteiger partial charge in [0, 0.05) is 20.8 Å². The SMILES string of the molecule is COC(=O)[C@H]1O[C@@H](Oc2cc(CO)ccc2N)[C@H](OC(C)=O)[C@@H](OC(C)=O)[C@@H]1OC(C)=O. The van der Waals surface area contributed by atoms with Gasteiger partial charge in [-0.3, -0.25) is 14.4 Å². The second-order valence-corrected chi connectivity index (χ2v) is 6.82. The van der Waals surface area contributed by atoms with Crippen molar-refractivity contribution in [3.05, 3.63) is 23.8 Å². The lowest BCUT2D eigenvalue weighted by molar-refractivity contribution is -0.282. The zero-order valence-corrected chi connectivity index (χ0v) is 17.9. The lowest BCUT2D eigenvalue weighted by Gasteiger charge is -2.43. The van der Waals surface area contributed by atoms with Crippen molar-refractivity contribution in [1.29, 1.82) is 0 Å². The fraction of sp³-hybridized carbons (Fsp3) is 0.500. The number of aliphatic hydroxyl groups excluding tert-OH is 1. The van der Waals surface area contributed by atoms with Gasteiger partial charge in [-0.25, -0.2) is 4.79 Å². The van der Waals surface area contributed by atoms with Gasteiger partial charge >= 0.3 is 23.9 Å². The minimum atomic E-state index is -1.59. The molecule has 0 spiro atoms. The molecule has 1 aromatic rings. The van der Waals surface area contributed by atoms with E-state index in [-0.39, 0.29) is 18.0 Å². The summed E-state index contributed by atoms with van der Waals surface area (Å²) < 4.78 is 31.8. The Labute approximate surface area is 183 Å². The molecule has 1 fully saturated rings. The van der Waals surface area contributed by atoms with Crippen molar-refractivity contribution in [2.24, 2.45) is 0 Å². The number of nitrogen functional groups attached to an aromatic ring is 1. The molecule has 0 aliphatic carbocycles. The quantitative estimate of drug-likeness (QED) is 0.317. The van der Waals surface area contributed by atoms with Crippen LogP contribution in [0.5, 0.6) is 5.75 Å². The van der Waals surface area contributed by atoms with Crippen molar-refractivity contribution >= 4 is 29.6 Å². The maximum atomic E-state index is 12.4. The Kier molecular flexibility index (Phi) is 8.38. The van der Waals surface area contributed by atoms with Crippen LogP contribution in [-0.2, 0) is 49.5 Å². The highest BCUT2D eigenvalue weighted by molar-refractivity contribution is 5.77. The van der Waals surface area contributed by atoms with Crippen LogP contribution in [0.4, 0.5) is 5.69 Å². The first-order valence-electron chi connectivity index (χ1n) is 9.48. The first-order chi connectivity index (χ1) is 15.1.